The van der Waals surface area contributed by atoms with Crippen molar-refractivity contribution < 1.29 is 9.59 Å². The Balaban J connectivity index is 1.95. The lowest BCUT2D eigenvalue weighted by atomic mass is 10.0. The first kappa shape index (κ1) is 21.6. The fourth-order valence-electron chi connectivity index (χ4n) is 3.61. The van der Waals surface area contributed by atoms with Gasteiger partial charge in [-0.05, 0) is 62.6 Å². The molecule has 0 amide bonds. The van der Waals surface area contributed by atoms with Crippen molar-refractivity contribution in [3.8, 4) is 0 Å². The van der Waals surface area contributed by atoms with E-state index in [-0.39, 0.29) is 11.6 Å². The van der Waals surface area contributed by atoms with E-state index in [1.54, 1.807) is 11.3 Å². The Hall–Kier alpha value is -2.08. The fraction of sp³-hybridized carbons (Fsp3) is 0.417. The summed E-state index contributed by atoms with van der Waals surface area (Å²) in [7, 11) is 0. The molecule has 154 valence electrons. The third-order valence-electron chi connectivity index (χ3n) is 5.64. The van der Waals surface area contributed by atoms with Crippen LogP contribution in [0, 0.1) is 0 Å². The number of benzene rings is 2. The molecule has 1 heterocycles. The second-order valence-corrected chi connectivity index (χ2v) is 8.38. The molecule has 0 fully saturated rings. The number of thiophene rings is 1. The summed E-state index contributed by atoms with van der Waals surface area (Å²) < 4.78 is 2.29. The lowest BCUT2D eigenvalue weighted by Crippen LogP contribution is -2.29. The summed E-state index contributed by atoms with van der Waals surface area (Å²) in [4.78, 5) is 29.7. The van der Waals surface area contributed by atoms with Crippen LogP contribution in [0.15, 0.2) is 36.4 Å². The summed E-state index contributed by atoms with van der Waals surface area (Å²) in [6.45, 7) is 12.6. The predicted octanol–water partition coefficient (Wildman–Crippen LogP) is 5.10. The minimum Gasteiger partial charge on any atom is -0.296 e. The molecule has 3 aromatic rings. The first-order valence-corrected chi connectivity index (χ1v) is 11.3. The van der Waals surface area contributed by atoms with E-state index in [0.29, 0.717) is 13.1 Å². The van der Waals surface area contributed by atoms with E-state index in [0.717, 1.165) is 57.5 Å². The minimum absolute atomic E-state index is 0.142. The van der Waals surface area contributed by atoms with Crippen molar-refractivity contribution in [2.24, 2.45) is 0 Å². The molecule has 0 saturated heterocycles. The van der Waals surface area contributed by atoms with Crippen molar-refractivity contribution >= 4 is 43.1 Å². The molecule has 0 saturated carbocycles. The molecule has 0 N–H and O–H groups in total. The SMILES string of the molecule is CCN(CC)CC(=O)c1ccc2sc3ccc(C(=O)CN(CC)CC)cc3c2c1. The second kappa shape index (κ2) is 9.61. The average Bonchev–Trinajstić information content (AvgIpc) is 3.12. The fourth-order valence-corrected chi connectivity index (χ4v) is 4.67. The molecule has 5 heteroatoms. The number of fused-ring (bicyclic) bond motifs is 3. The predicted molar refractivity (Wildman–Crippen MR) is 124 cm³/mol. The van der Waals surface area contributed by atoms with Gasteiger partial charge < -0.3 is 0 Å². The Morgan fingerprint density at radius 3 is 1.41 bits per heavy atom. The van der Waals surface area contributed by atoms with E-state index < -0.39 is 0 Å². The maximum atomic E-state index is 12.7. The molecule has 1 aromatic heterocycles. The Morgan fingerprint density at radius 2 is 1.07 bits per heavy atom. The van der Waals surface area contributed by atoms with Crippen molar-refractivity contribution in [2.45, 2.75) is 27.7 Å². The number of hydrogen-bond acceptors (Lipinski definition) is 5. The number of hydrogen-bond donors (Lipinski definition) is 0. The van der Waals surface area contributed by atoms with Crippen molar-refractivity contribution in [3.05, 3.63) is 47.5 Å². The molecule has 0 unspecified atom stereocenters. The van der Waals surface area contributed by atoms with E-state index in [9.17, 15) is 9.59 Å². The van der Waals surface area contributed by atoms with Gasteiger partial charge in [0, 0.05) is 31.3 Å². The van der Waals surface area contributed by atoms with Gasteiger partial charge in [-0.25, -0.2) is 0 Å². The maximum Gasteiger partial charge on any atom is 0.176 e. The molecular formula is C24H30N2O2S. The van der Waals surface area contributed by atoms with E-state index in [1.807, 2.05) is 36.4 Å². The zero-order valence-corrected chi connectivity index (χ0v) is 18.6. The zero-order valence-electron chi connectivity index (χ0n) is 17.8. The summed E-state index contributed by atoms with van der Waals surface area (Å²) in [6, 6.07) is 11.9. The van der Waals surface area contributed by atoms with Crippen molar-refractivity contribution in [1.29, 1.82) is 0 Å². The first-order valence-electron chi connectivity index (χ1n) is 10.5. The number of rotatable bonds is 10. The molecular weight excluding hydrogens is 380 g/mol. The van der Waals surface area contributed by atoms with Gasteiger partial charge in [-0.3, -0.25) is 19.4 Å². The highest BCUT2D eigenvalue weighted by Crippen LogP contribution is 2.35. The quantitative estimate of drug-likeness (QED) is 0.436. The monoisotopic (exact) mass is 410 g/mol. The highest BCUT2D eigenvalue weighted by molar-refractivity contribution is 7.25. The average molecular weight is 411 g/mol. The summed E-state index contributed by atoms with van der Waals surface area (Å²) >= 11 is 1.70. The van der Waals surface area contributed by atoms with Crippen LogP contribution in [0.1, 0.15) is 48.4 Å². The van der Waals surface area contributed by atoms with Crippen LogP contribution in [0.2, 0.25) is 0 Å². The largest absolute Gasteiger partial charge is 0.296 e. The summed E-state index contributed by atoms with van der Waals surface area (Å²) in [6.07, 6.45) is 0. The first-order chi connectivity index (χ1) is 14.0. The number of carbonyl (C=O) groups is 2. The van der Waals surface area contributed by atoms with Crippen molar-refractivity contribution in [3.63, 3.8) is 0 Å². The summed E-state index contributed by atoms with van der Waals surface area (Å²) in [5.74, 6) is 0.285. The van der Waals surface area contributed by atoms with Gasteiger partial charge in [-0.2, -0.15) is 0 Å². The van der Waals surface area contributed by atoms with Gasteiger partial charge >= 0.3 is 0 Å². The number of Topliss-reactive ketones (excluding diaryl/α,β-unsaturated/α-hetero) is 2. The Bertz CT molecular complexity index is 936. The van der Waals surface area contributed by atoms with Crippen LogP contribution in [-0.2, 0) is 0 Å². The van der Waals surface area contributed by atoms with E-state index in [2.05, 4.69) is 37.5 Å². The van der Waals surface area contributed by atoms with Crippen LogP contribution >= 0.6 is 11.3 Å². The molecule has 0 aliphatic carbocycles. The summed E-state index contributed by atoms with van der Waals surface area (Å²) in [5.41, 5.74) is 1.48. The van der Waals surface area contributed by atoms with Crippen LogP contribution in [0.25, 0.3) is 20.2 Å². The Labute approximate surface area is 177 Å². The molecule has 0 atom stereocenters. The van der Waals surface area contributed by atoms with Gasteiger partial charge in [-0.15, -0.1) is 11.3 Å². The molecule has 4 nitrogen and oxygen atoms in total. The number of ketones is 2. The van der Waals surface area contributed by atoms with Crippen LogP contribution < -0.4 is 0 Å². The smallest absolute Gasteiger partial charge is 0.176 e. The zero-order chi connectivity index (χ0) is 21.0. The molecule has 0 aliphatic rings. The standard InChI is InChI=1S/C24H30N2O2S/c1-5-25(6-2)15-21(27)17-9-11-23-19(13-17)20-14-18(10-12-24(20)29-23)22(28)16-26(7-3)8-4/h9-14H,5-8,15-16H2,1-4H3. The highest BCUT2D eigenvalue weighted by Gasteiger charge is 2.15. The van der Waals surface area contributed by atoms with Crippen LogP contribution in [0.3, 0.4) is 0 Å². The minimum atomic E-state index is 0.142. The Kier molecular flexibility index (Phi) is 7.17. The van der Waals surface area contributed by atoms with E-state index in [4.69, 9.17) is 0 Å². The Morgan fingerprint density at radius 1 is 0.690 bits per heavy atom. The molecule has 0 aliphatic heterocycles. The molecule has 3 rings (SSSR count). The van der Waals surface area contributed by atoms with Gasteiger partial charge in [0.15, 0.2) is 11.6 Å². The second-order valence-electron chi connectivity index (χ2n) is 7.29. The van der Waals surface area contributed by atoms with Gasteiger partial charge in [0.05, 0.1) is 13.1 Å². The third kappa shape index (κ3) is 4.74. The van der Waals surface area contributed by atoms with Gasteiger partial charge in [0.1, 0.15) is 0 Å². The number of carbonyl (C=O) groups excluding carboxylic acids is 2. The molecule has 0 spiro atoms. The number of likely N-dealkylation sites (N-methyl/N-ethyl adjacent to an activating group) is 2. The topological polar surface area (TPSA) is 40.6 Å². The molecule has 0 radical (unpaired) electrons. The van der Waals surface area contributed by atoms with Crippen LogP contribution in [-0.4, -0.2) is 60.6 Å². The maximum absolute atomic E-state index is 12.7. The van der Waals surface area contributed by atoms with Gasteiger partial charge in [0.25, 0.3) is 0 Å². The van der Waals surface area contributed by atoms with Crippen LogP contribution in [0.5, 0.6) is 0 Å². The van der Waals surface area contributed by atoms with E-state index >= 15 is 0 Å². The molecule has 29 heavy (non-hydrogen) atoms. The summed E-state index contributed by atoms with van der Waals surface area (Å²) in [5, 5.41) is 2.13. The van der Waals surface area contributed by atoms with E-state index in [1.165, 1.54) is 0 Å². The lowest BCUT2D eigenvalue weighted by Gasteiger charge is -2.17. The highest BCUT2D eigenvalue weighted by atomic mass is 32.1. The van der Waals surface area contributed by atoms with Gasteiger partial charge in [0.2, 0.25) is 0 Å². The van der Waals surface area contributed by atoms with Gasteiger partial charge in [-0.1, -0.05) is 27.7 Å². The lowest BCUT2D eigenvalue weighted by molar-refractivity contribution is 0.0930. The molecule has 2 aromatic carbocycles. The van der Waals surface area contributed by atoms with Crippen molar-refractivity contribution in [1.82, 2.24) is 9.80 Å². The molecule has 0 bridgehead atoms. The normalized spacial score (nSPS) is 11.8. The third-order valence-corrected chi connectivity index (χ3v) is 6.79. The van der Waals surface area contributed by atoms with Crippen LogP contribution in [0.4, 0.5) is 0 Å². The number of nitrogens with zero attached hydrogens (tertiary/aromatic N) is 2. The van der Waals surface area contributed by atoms with Crippen molar-refractivity contribution in [2.75, 3.05) is 39.3 Å².